The van der Waals surface area contributed by atoms with Crippen LogP contribution in [0, 0.1) is 13.8 Å². The van der Waals surface area contributed by atoms with Crippen LogP contribution >= 0.6 is 0 Å². The van der Waals surface area contributed by atoms with Crippen LogP contribution in [-0.4, -0.2) is 18.4 Å². The summed E-state index contributed by atoms with van der Waals surface area (Å²) in [6, 6.07) is 8.71. The van der Waals surface area contributed by atoms with Gasteiger partial charge in [-0.1, -0.05) is 26.0 Å². The van der Waals surface area contributed by atoms with Crippen molar-refractivity contribution in [3.8, 4) is 0 Å². The van der Waals surface area contributed by atoms with Gasteiger partial charge in [-0.05, 0) is 49.9 Å². The second-order valence-electron chi connectivity index (χ2n) is 5.58. The monoisotopic (exact) mass is 334 g/mol. The number of anilines is 1. The first-order valence-electron chi connectivity index (χ1n) is 7.52. The van der Waals surface area contributed by atoms with Crippen molar-refractivity contribution >= 4 is 16.0 Å². The summed E-state index contributed by atoms with van der Waals surface area (Å²) in [4.78, 5) is 10.8. The number of nitrogens with one attached hydrogen (secondary N) is 2. The molecule has 1 heterocycles. The lowest BCUT2D eigenvalue weighted by Gasteiger charge is -2.11. The molecule has 1 aromatic carbocycles. The van der Waals surface area contributed by atoms with Crippen LogP contribution in [0.5, 0.6) is 0 Å². The highest BCUT2D eigenvalue weighted by Gasteiger charge is 2.15. The molecular weight excluding hydrogens is 312 g/mol. The SMILES string of the molecule is CCC(C)c1ccc(S(=O)(=O)NNc2nc(C)cc(C)n2)cc1. The summed E-state index contributed by atoms with van der Waals surface area (Å²) in [6.07, 6.45) is 1.01. The van der Waals surface area contributed by atoms with Gasteiger partial charge in [-0.25, -0.2) is 18.4 Å². The molecule has 1 unspecified atom stereocenters. The summed E-state index contributed by atoms with van der Waals surface area (Å²) in [5, 5.41) is 0. The van der Waals surface area contributed by atoms with Crippen molar-refractivity contribution in [3.05, 3.63) is 47.3 Å². The lowest BCUT2D eigenvalue weighted by molar-refractivity contribution is 0.587. The van der Waals surface area contributed by atoms with Crippen LogP contribution < -0.4 is 10.3 Å². The smallest absolute Gasteiger partial charge is 0.257 e. The van der Waals surface area contributed by atoms with Crippen molar-refractivity contribution in [1.29, 1.82) is 0 Å². The minimum absolute atomic E-state index is 0.196. The van der Waals surface area contributed by atoms with Gasteiger partial charge in [0.25, 0.3) is 10.0 Å². The maximum atomic E-state index is 12.3. The molecule has 1 atom stereocenters. The van der Waals surface area contributed by atoms with Gasteiger partial charge in [0.15, 0.2) is 0 Å². The standard InChI is InChI=1S/C16H22N4O2S/c1-5-11(2)14-6-8-15(9-7-14)23(21,22)20-19-16-17-12(3)10-13(4)18-16/h6-11,20H,5H2,1-4H3,(H,17,18,19). The Morgan fingerprint density at radius 2 is 1.65 bits per heavy atom. The van der Waals surface area contributed by atoms with Gasteiger partial charge < -0.3 is 0 Å². The third-order valence-electron chi connectivity index (χ3n) is 3.65. The molecule has 6 nitrogen and oxygen atoms in total. The van der Waals surface area contributed by atoms with Crippen LogP contribution in [0.3, 0.4) is 0 Å². The summed E-state index contributed by atoms with van der Waals surface area (Å²) in [7, 11) is -3.67. The molecule has 0 saturated heterocycles. The van der Waals surface area contributed by atoms with Crippen LogP contribution in [0.4, 0.5) is 5.95 Å². The topological polar surface area (TPSA) is 84.0 Å². The van der Waals surface area contributed by atoms with Crippen molar-refractivity contribution in [3.63, 3.8) is 0 Å². The largest absolute Gasteiger partial charge is 0.276 e. The molecule has 0 saturated carbocycles. The highest BCUT2D eigenvalue weighted by Crippen LogP contribution is 2.20. The molecule has 23 heavy (non-hydrogen) atoms. The molecule has 2 N–H and O–H groups in total. The van der Waals surface area contributed by atoms with Crippen molar-refractivity contribution in [2.45, 2.75) is 44.9 Å². The number of hydrazine groups is 1. The molecule has 0 fully saturated rings. The second-order valence-corrected chi connectivity index (χ2v) is 7.27. The maximum Gasteiger partial charge on any atom is 0.257 e. The van der Waals surface area contributed by atoms with E-state index in [0.717, 1.165) is 23.4 Å². The van der Waals surface area contributed by atoms with Crippen molar-refractivity contribution in [2.24, 2.45) is 0 Å². The van der Waals surface area contributed by atoms with E-state index in [4.69, 9.17) is 0 Å². The van der Waals surface area contributed by atoms with E-state index >= 15 is 0 Å². The first kappa shape index (κ1) is 17.4. The Morgan fingerprint density at radius 3 is 2.17 bits per heavy atom. The third-order valence-corrected chi connectivity index (χ3v) is 4.91. The number of aryl methyl sites for hydroxylation is 2. The third kappa shape index (κ3) is 4.49. The van der Waals surface area contributed by atoms with Crippen LogP contribution in [0.15, 0.2) is 35.2 Å². The molecule has 2 rings (SSSR count). The van der Waals surface area contributed by atoms with E-state index in [-0.39, 0.29) is 10.8 Å². The lowest BCUT2D eigenvalue weighted by atomic mass is 9.99. The van der Waals surface area contributed by atoms with Gasteiger partial charge in [0.1, 0.15) is 0 Å². The Kier molecular flexibility index (Phi) is 5.33. The fourth-order valence-corrected chi connectivity index (χ4v) is 3.00. The van der Waals surface area contributed by atoms with E-state index in [2.05, 4.69) is 34.1 Å². The molecule has 0 aliphatic rings. The molecule has 2 aromatic rings. The summed E-state index contributed by atoms with van der Waals surface area (Å²) in [5.74, 6) is 0.629. The minimum Gasteiger partial charge on any atom is -0.276 e. The average Bonchev–Trinajstić information content (AvgIpc) is 2.51. The summed E-state index contributed by atoms with van der Waals surface area (Å²) < 4.78 is 24.6. The van der Waals surface area contributed by atoms with Crippen molar-refractivity contribution in [1.82, 2.24) is 14.8 Å². The Hall–Kier alpha value is -1.99. The Balaban J connectivity index is 2.12. The molecular formula is C16H22N4O2S. The zero-order chi connectivity index (χ0) is 17.0. The van der Waals surface area contributed by atoms with E-state index in [1.165, 1.54) is 0 Å². The second kappa shape index (κ2) is 7.06. The molecule has 0 spiro atoms. The first-order valence-corrected chi connectivity index (χ1v) is 9.00. The summed E-state index contributed by atoms with van der Waals surface area (Å²) in [6.45, 7) is 7.86. The van der Waals surface area contributed by atoms with Crippen LogP contribution in [0.2, 0.25) is 0 Å². The number of nitrogens with zero attached hydrogens (tertiary/aromatic N) is 2. The summed E-state index contributed by atoms with van der Waals surface area (Å²) >= 11 is 0. The maximum absolute atomic E-state index is 12.3. The summed E-state index contributed by atoms with van der Waals surface area (Å²) in [5.41, 5.74) is 5.20. The molecule has 7 heteroatoms. The quantitative estimate of drug-likeness (QED) is 0.794. The molecule has 1 aromatic heterocycles. The normalized spacial score (nSPS) is 12.9. The fraction of sp³-hybridized carbons (Fsp3) is 0.375. The van der Waals surface area contributed by atoms with Crippen LogP contribution in [-0.2, 0) is 10.0 Å². The van der Waals surface area contributed by atoms with Gasteiger partial charge in [0.05, 0.1) is 4.90 Å². The highest BCUT2D eigenvalue weighted by atomic mass is 32.2. The number of hydrogen-bond donors (Lipinski definition) is 2. The van der Waals surface area contributed by atoms with Crippen LogP contribution in [0.25, 0.3) is 0 Å². The fourth-order valence-electron chi connectivity index (χ4n) is 2.16. The van der Waals surface area contributed by atoms with Gasteiger partial charge in [-0.2, -0.15) is 0 Å². The zero-order valence-electron chi connectivity index (χ0n) is 13.8. The number of aromatic nitrogens is 2. The molecule has 0 bridgehead atoms. The van der Waals surface area contributed by atoms with Gasteiger partial charge in [0, 0.05) is 11.4 Å². The van der Waals surface area contributed by atoms with Gasteiger partial charge in [0.2, 0.25) is 5.95 Å². The molecule has 0 amide bonds. The average molecular weight is 334 g/mol. The lowest BCUT2D eigenvalue weighted by Crippen LogP contribution is -2.30. The highest BCUT2D eigenvalue weighted by molar-refractivity contribution is 7.89. The Bertz CT molecular complexity index is 753. The van der Waals surface area contributed by atoms with Crippen molar-refractivity contribution in [2.75, 3.05) is 5.43 Å². The van der Waals surface area contributed by atoms with Gasteiger partial charge in [-0.3, -0.25) is 5.43 Å². The van der Waals surface area contributed by atoms with E-state index < -0.39 is 10.0 Å². The predicted molar refractivity (Wildman–Crippen MR) is 90.6 cm³/mol. The van der Waals surface area contributed by atoms with E-state index in [9.17, 15) is 8.42 Å². The molecule has 124 valence electrons. The molecule has 0 aliphatic carbocycles. The van der Waals surface area contributed by atoms with E-state index in [0.29, 0.717) is 5.92 Å². The zero-order valence-corrected chi connectivity index (χ0v) is 14.6. The number of benzene rings is 1. The van der Waals surface area contributed by atoms with Gasteiger partial charge in [-0.15, -0.1) is 4.83 Å². The molecule has 0 radical (unpaired) electrons. The van der Waals surface area contributed by atoms with E-state index in [1.54, 1.807) is 12.1 Å². The van der Waals surface area contributed by atoms with Crippen LogP contribution in [0.1, 0.15) is 43.1 Å². The Labute approximate surface area is 137 Å². The number of sulfonamides is 1. The predicted octanol–water partition coefficient (Wildman–Crippen LogP) is 2.91. The Morgan fingerprint density at radius 1 is 1.09 bits per heavy atom. The van der Waals surface area contributed by atoms with Gasteiger partial charge >= 0.3 is 0 Å². The number of rotatable bonds is 6. The molecule has 0 aliphatic heterocycles. The first-order chi connectivity index (χ1) is 10.8. The minimum atomic E-state index is -3.67. The van der Waals surface area contributed by atoms with Crippen molar-refractivity contribution < 1.29 is 8.42 Å². The van der Waals surface area contributed by atoms with E-state index in [1.807, 2.05) is 32.0 Å². The number of hydrogen-bond acceptors (Lipinski definition) is 5.